The average molecular weight is 633 g/mol. The first-order chi connectivity index (χ1) is 18.8. The highest BCUT2D eigenvalue weighted by Gasteiger charge is 2.73. The Morgan fingerprint density at radius 2 is 1.97 bits per heavy atom. The molecule has 3 aromatic rings. The number of hydrogen-bond acceptors (Lipinski definition) is 6. The highest BCUT2D eigenvalue weighted by atomic mass is 79.9. The molecule has 2 fully saturated rings. The van der Waals surface area contributed by atoms with E-state index in [1.54, 1.807) is 24.3 Å². The summed E-state index contributed by atoms with van der Waals surface area (Å²) in [6.45, 7) is 0.818. The number of nitro groups is 1. The number of ether oxygens (including phenoxy) is 2. The van der Waals surface area contributed by atoms with Crippen molar-refractivity contribution in [3.8, 4) is 11.5 Å². The van der Waals surface area contributed by atoms with Crippen LogP contribution in [0, 0.1) is 10.1 Å². The second-order valence-corrected chi connectivity index (χ2v) is 11.7. The number of methoxy groups -OCH3 is 1. The summed E-state index contributed by atoms with van der Waals surface area (Å²) >= 11 is 15.8. The summed E-state index contributed by atoms with van der Waals surface area (Å²) in [5, 5.41) is 16.7. The fraction of sp³-hybridized carbons (Fsp3) is 0.321. The standard InChI is InChI=1S/C28H24BrCl2N3O5/c1-38-23-13-16(12-18(29)25(23)39-14-15-8-9-19(30)20(31)11-15)24-22-7-4-10-33(22)28(26(24)34(36)37)17-5-2-3-6-21(17)32-27(28)35/h2-3,5-6,8-9,11-13,22,24,26H,4,7,10,14H2,1H3,(H,32,35)/t22-,24+,26+,28-/m0/s1. The third-order valence-corrected chi connectivity index (χ3v) is 9.43. The molecule has 1 N–H and O–H groups in total. The van der Waals surface area contributed by atoms with Crippen molar-refractivity contribution in [1.29, 1.82) is 0 Å². The van der Waals surface area contributed by atoms with E-state index in [1.807, 2.05) is 30.3 Å². The number of anilines is 1. The molecule has 3 heterocycles. The zero-order valence-electron chi connectivity index (χ0n) is 20.8. The van der Waals surface area contributed by atoms with E-state index in [4.69, 9.17) is 32.7 Å². The topological polar surface area (TPSA) is 93.9 Å². The normalized spacial score (nSPS) is 25.4. The summed E-state index contributed by atoms with van der Waals surface area (Å²) in [7, 11) is 1.53. The molecule has 0 aromatic heterocycles. The maximum absolute atomic E-state index is 13.7. The van der Waals surface area contributed by atoms with Crippen LogP contribution < -0.4 is 14.8 Å². The van der Waals surface area contributed by atoms with Gasteiger partial charge in [0.2, 0.25) is 0 Å². The van der Waals surface area contributed by atoms with Crippen molar-refractivity contribution in [2.45, 2.75) is 43.0 Å². The van der Waals surface area contributed by atoms with Crippen molar-refractivity contribution in [3.63, 3.8) is 0 Å². The van der Waals surface area contributed by atoms with Gasteiger partial charge in [0.25, 0.3) is 11.9 Å². The monoisotopic (exact) mass is 631 g/mol. The minimum absolute atomic E-state index is 0.183. The van der Waals surface area contributed by atoms with Crippen LogP contribution in [-0.2, 0) is 16.9 Å². The lowest BCUT2D eigenvalue weighted by Gasteiger charge is -2.32. The van der Waals surface area contributed by atoms with Crippen molar-refractivity contribution in [1.82, 2.24) is 4.90 Å². The lowest BCUT2D eigenvalue weighted by molar-refractivity contribution is -0.534. The van der Waals surface area contributed by atoms with Crippen LogP contribution in [0.1, 0.15) is 35.4 Å². The molecular formula is C28H24BrCl2N3O5. The van der Waals surface area contributed by atoms with Gasteiger partial charge in [-0.2, -0.15) is 0 Å². The van der Waals surface area contributed by atoms with E-state index in [9.17, 15) is 14.9 Å². The van der Waals surface area contributed by atoms with Gasteiger partial charge in [0.05, 0.1) is 27.5 Å². The van der Waals surface area contributed by atoms with Gasteiger partial charge in [-0.15, -0.1) is 0 Å². The molecule has 3 aliphatic rings. The maximum Gasteiger partial charge on any atom is 0.256 e. The van der Waals surface area contributed by atoms with Gasteiger partial charge >= 0.3 is 0 Å². The molecule has 0 bridgehead atoms. The molecule has 0 unspecified atom stereocenters. The quantitative estimate of drug-likeness (QED) is 0.250. The third-order valence-electron chi connectivity index (χ3n) is 8.10. The molecule has 3 aromatic carbocycles. The molecule has 0 aliphatic carbocycles. The summed E-state index contributed by atoms with van der Waals surface area (Å²) in [5.41, 5.74) is 1.45. The summed E-state index contributed by atoms with van der Waals surface area (Å²) in [5.74, 6) is 0.00867. The number of benzene rings is 3. The Labute approximate surface area is 243 Å². The molecule has 11 heteroatoms. The van der Waals surface area contributed by atoms with Crippen LogP contribution in [0.15, 0.2) is 59.1 Å². The maximum atomic E-state index is 13.7. The van der Waals surface area contributed by atoms with Crippen LogP contribution in [0.4, 0.5) is 5.69 Å². The lowest BCUT2D eigenvalue weighted by Crippen LogP contribution is -2.55. The number of fused-ring (bicyclic) bond motifs is 4. The number of rotatable bonds is 6. The summed E-state index contributed by atoms with van der Waals surface area (Å²) < 4.78 is 12.4. The third kappa shape index (κ3) is 4.01. The van der Waals surface area contributed by atoms with Crippen molar-refractivity contribution in [3.05, 3.63) is 95.9 Å². The van der Waals surface area contributed by atoms with Crippen LogP contribution in [0.2, 0.25) is 10.0 Å². The first-order valence-electron chi connectivity index (χ1n) is 12.5. The number of para-hydroxylation sites is 1. The van der Waals surface area contributed by atoms with Crippen LogP contribution in [-0.4, -0.2) is 41.5 Å². The molecule has 8 nitrogen and oxygen atoms in total. The Morgan fingerprint density at radius 3 is 2.72 bits per heavy atom. The Hall–Kier alpha value is -2.85. The molecule has 39 heavy (non-hydrogen) atoms. The zero-order valence-corrected chi connectivity index (χ0v) is 23.9. The first-order valence-corrected chi connectivity index (χ1v) is 14.1. The van der Waals surface area contributed by atoms with Gasteiger partial charge in [-0.1, -0.05) is 47.5 Å². The molecule has 3 aliphatic heterocycles. The van der Waals surface area contributed by atoms with Gasteiger partial charge in [-0.05, 0) is 70.2 Å². The number of hydrogen-bond donors (Lipinski definition) is 1. The smallest absolute Gasteiger partial charge is 0.256 e. The van der Waals surface area contributed by atoms with Crippen LogP contribution in [0.25, 0.3) is 0 Å². The van der Waals surface area contributed by atoms with Crippen LogP contribution in [0.3, 0.4) is 0 Å². The highest BCUT2D eigenvalue weighted by Crippen LogP contribution is 2.58. The lowest BCUT2D eigenvalue weighted by atomic mass is 9.77. The second kappa shape index (κ2) is 9.96. The number of carbonyl (C=O) groups excluding carboxylic acids is 1. The molecule has 1 spiro atoms. The molecule has 2 saturated heterocycles. The molecule has 0 radical (unpaired) electrons. The molecule has 1 amide bonds. The van der Waals surface area contributed by atoms with Gasteiger partial charge in [0.15, 0.2) is 17.0 Å². The fourth-order valence-corrected chi connectivity index (χ4v) is 7.53. The van der Waals surface area contributed by atoms with E-state index in [-0.39, 0.29) is 23.5 Å². The average Bonchev–Trinajstić information content (AvgIpc) is 3.58. The van der Waals surface area contributed by atoms with Crippen LogP contribution in [0.5, 0.6) is 11.5 Å². The first kappa shape index (κ1) is 26.4. The van der Waals surface area contributed by atoms with Gasteiger partial charge in [-0.3, -0.25) is 19.8 Å². The van der Waals surface area contributed by atoms with E-state index in [2.05, 4.69) is 26.1 Å². The second-order valence-electron chi connectivity index (χ2n) is 10.00. The van der Waals surface area contributed by atoms with E-state index in [0.717, 1.165) is 18.4 Å². The van der Waals surface area contributed by atoms with E-state index in [0.29, 0.717) is 49.4 Å². The van der Waals surface area contributed by atoms with Crippen molar-refractivity contribution in [2.24, 2.45) is 0 Å². The molecule has 202 valence electrons. The largest absolute Gasteiger partial charge is 0.493 e. The summed E-state index contributed by atoms with van der Waals surface area (Å²) in [6.07, 6.45) is 1.60. The molecule has 0 saturated carbocycles. The number of amides is 1. The minimum Gasteiger partial charge on any atom is -0.493 e. The zero-order chi connectivity index (χ0) is 27.5. The number of carbonyl (C=O) groups is 1. The Balaban J connectivity index is 1.41. The predicted octanol–water partition coefficient (Wildman–Crippen LogP) is 6.40. The van der Waals surface area contributed by atoms with Crippen molar-refractivity contribution < 1.29 is 19.2 Å². The van der Waals surface area contributed by atoms with Crippen molar-refractivity contribution in [2.75, 3.05) is 19.0 Å². The Kier molecular flexibility index (Phi) is 6.74. The van der Waals surface area contributed by atoms with Gasteiger partial charge in [0.1, 0.15) is 6.61 Å². The Morgan fingerprint density at radius 1 is 1.18 bits per heavy atom. The van der Waals surface area contributed by atoms with Gasteiger partial charge in [-0.25, -0.2) is 0 Å². The van der Waals surface area contributed by atoms with Crippen LogP contribution >= 0.6 is 39.1 Å². The molecule has 6 rings (SSSR count). The highest BCUT2D eigenvalue weighted by molar-refractivity contribution is 9.10. The summed E-state index contributed by atoms with van der Waals surface area (Å²) in [4.78, 5) is 28.3. The number of nitrogens with one attached hydrogen (secondary N) is 1. The SMILES string of the molecule is COc1cc([C@@H]2[C@@H]3CCCN3[C@]3(C(=O)Nc4ccccc43)[C@@H]2[N+](=O)[O-])cc(Br)c1OCc1ccc(Cl)c(Cl)c1. The summed E-state index contributed by atoms with van der Waals surface area (Å²) in [6, 6.07) is 14.8. The fourth-order valence-electron chi connectivity index (χ4n) is 6.63. The Bertz CT molecular complexity index is 1500. The molecular weight excluding hydrogens is 609 g/mol. The number of halogens is 3. The van der Waals surface area contributed by atoms with Crippen molar-refractivity contribution >= 4 is 50.7 Å². The minimum atomic E-state index is -1.38. The van der Waals surface area contributed by atoms with E-state index < -0.39 is 17.5 Å². The van der Waals surface area contributed by atoms with E-state index >= 15 is 0 Å². The van der Waals surface area contributed by atoms with E-state index in [1.165, 1.54) is 7.11 Å². The van der Waals surface area contributed by atoms with Gasteiger partial charge < -0.3 is 14.8 Å². The predicted molar refractivity (Wildman–Crippen MR) is 151 cm³/mol. The molecule has 4 atom stereocenters. The van der Waals surface area contributed by atoms with Gasteiger partial charge in [0, 0.05) is 28.8 Å². The number of nitrogens with zero attached hydrogens (tertiary/aromatic N) is 2.